The van der Waals surface area contributed by atoms with Crippen molar-refractivity contribution in [2.24, 2.45) is 17.8 Å². The van der Waals surface area contributed by atoms with Crippen LogP contribution in [0, 0.1) is 0 Å². The first-order chi connectivity index (χ1) is 20.9. The van der Waals surface area contributed by atoms with Crippen molar-refractivity contribution in [2.75, 3.05) is 45.3 Å². The number of primary amides is 1. The number of piperazine rings is 1. The monoisotopic (exact) mass is 579 g/mol. The second kappa shape index (κ2) is 12.0. The highest BCUT2D eigenvalue weighted by molar-refractivity contribution is 5.97. The van der Waals surface area contributed by atoms with E-state index in [-0.39, 0.29) is 11.6 Å². The second-order valence-corrected chi connectivity index (χ2v) is 11.0. The fourth-order valence-corrected chi connectivity index (χ4v) is 6.22. The van der Waals surface area contributed by atoms with Crippen LogP contribution in [-0.4, -0.2) is 88.2 Å². The predicted octanol–water partition coefficient (Wildman–Crippen LogP) is 2.78. The van der Waals surface area contributed by atoms with Crippen LogP contribution in [0.2, 0.25) is 0 Å². The van der Waals surface area contributed by atoms with Crippen LogP contribution < -0.4 is 16.4 Å². The number of aromatic nitrogens is 3. The number of fused-ring (bicyclic) bond motifs is 1. The van der Waals surface area contributed by atoms with Crippen LogP contribution in [0.4, 0.5) is 5.82 Å². The highest BCUT2D eigenvalue weighted by Gasteiger charge is 2.46. The molecule has 0 spiro atoms. The van der Waals surface area contributed by atoms with E-state index >= 15 is 0 Å². The molecule has 222 valence electrons. The maximum absolute atomic E-state index is 12.1. The number of aliphatic imine (C=N–C) groups is 1. The largest absolute Gasteiger partial charge is 0.366 e. The van der Waals surface area contributed by atoms with E-state index in [2.05, 4.69) is 71.1 Å². The average molecular weight is 580 g/mol. The number of para-hydroxylation sites is 1. The van der Waals surface area contributed by atoms with Crippen LogP contribution in [0.25, 0.3) is 22.2 Å². The number of nitrogens with one attached hydrogen (secondary N) is 2. The number of benzene rings is 1. The van der Waals surface area contributed by atoms with Gasteiger partial charge < -0.3 is 30.6 Å². The van der Waals surface area contributed by atoms with Gasteiger partial charge in [0.2, 0.25) is 5.91 Å². The number of rotatable bonds is 9. The lowest BCUT2D eigenvalue weighted by Crippen LogP contribution is -2.66. The van der Waals surface area contributed by atoms with Crippen molar-refractivity contribution in [1.29, 1.82) is 0 Å². The first-order valence-corrected chi connectivity index (χ1v) is 14.4. The molecule has 2 unspecified atom stereocenters. The maximum atomic E-state index is 12.1. The molecule has 2 aromatic heterocycles. The molecule has 2 aliphatic heterocycles. The summed E-state index contributed by atoms with van der Waals surface area (Å²) in [6.07, 6.45) is 13.9. The molecular weight excluding hydrogens is 542 g/mol. The molecule has 4 heterocycles. The summed E-state index contributed by atoms with van der Waals surface area (Å²) >= 11 is 0. The zero-order valence-corrected chi connectivity index (χ0v) is 24.5. The second-order valence-electron chi connectivity index (χ2n) is 11.0. The lowest BCUT2D eigenvalue weighted by Gasteiger charge is -2.51. The van der Waals surface area contributed by atoms with Gasteiger partial charge in [0, 0.05) is 99.5 Å². The van der Waals surface area contributed by atoms with Gasteiger partial charge in [0.05, 0.1) is 11.4 Å². The van der Waals surface area contributed by atoms with Crippen LogP contribution >= 0.6 is 0 Å². The molecule has 0 bridgehead atoms. The van der Waals surface area contributed by atoms with Crippen molar-refractivity contribution >= 4 is 28.8 Å². The average Bonchev–Trinajstić information content (AvgIpc) is 3.38. The van der Waals surface area contributed by atoms with Gasteiger partial charge in [-0.1, -0.05) is 30.9 Å². The zero-order valence-electron chi connectivity index (χ0n) is 24.5. The number of anilines is 1. The van der Waals surface area contributed by atoms with Gasteiger partial charge in [-0.15, -0.1) is 0 Å². The molecule has 43 heavy (non-hydrogen) atoms. The third-order valence-electron chi connectivity index (χ3n) is 8.42. The van der Waals surface area contributed by atoms with Crippen LogP contribution in [0.3, 0.4) is 0 Å². The minimum Gasteiger partial charge on any atom is -0.366 e. The number of hydrogen-bond donors (Lipinski definition) is 3. The molecule has 1 amide bonds. The molecule has 1 aliphatic carbocycles. The Labute approximate surface area is 251 Å². The first-order valence-electron chi connectivity index (χ1n) is 14.4. The lowest BCUT2D eigenvalue weighted by molar-refractivity contribution is -0.133. The van der Waals surface area contributed by atoms with Crippen molar-refractivity contribution in [3.8, 4) is 11.3 Å². The summed E-state index contributed by atoms with van der Waals surface area (Å²) in [6, 6.07) is 10.3. The molecule has 2 atom stereocenters. The highest BCUT2D eigenvalue weighted by atomic mass is 16.5. The van der Waals surface area contributed by atoms with E-state index in [1.54, 1.807) is 13.4 Å². The van der Waals surface area contributed by atoms with E-state index in [1.165, 1.54) is 0 Å². The van der Waals surface area contributed by atoms with Gasteiger partial charge in [-0.05, 0) is 23.8 Å². The molecule has 3 aliphatic rings. The number of hydrogen-bond acceptors (Lipinski definition) is 9. The SMILES string of the molecule is C=C(C(N)=O)C1=CCC(OC)(N2CCNCC2CN2C=CC=NC2)C(Nc2cc(-c3cn(C)c4ccccc34)ncn2)=C1. The zero-order chi connectivity index (χ0) is 30.0. The van der Waals surface area contributed by atoms with Crippen LogP contribution in [-0.2, 0) is 16.6 Å². The molecular formula is C32H37N9O2. The normalized spacial score (nSPS) is 22.4. The molecule has 4 N–H and O–H groups in total. The van der Waals surface area contributed by atoms with Gasteiger partial charge in [0.25, 0.3) is 0 Å². The Morgan fingerprint density at radius 3 is 2.95 bits per heavy atom. The minimum atomic E-state index is -0.860. The third kappa shape index (κ3) is 5.50. The van der Waals surface area contributed by atoms with Gasteiger partial charge in [-0.2, -0.15) is 0 Å². The Morgan fingerprint density at radius 1 is 1.30 bits per heavy atom. The Kier molecular flexibility index (Phi) is 7.94. The number of amides is 1. The summed E-state index contributed by atoms with van der Waals surface area (Å²) in [5.74, 6) is 0.0427. The summed E-state index contributed by atoms with van der Waals surface area (Å²) in [5, 5.41) is 8.22. The Hall–Kier alpha value is -4.58. The minimum absolute atomic E-state index is 0.114. The fraction of sp³-hybridized carbons (Fsp3) is 0.312. The van der Waals surface area contributed by atoms with Crippen molar-refractivity contribution in [1.82, 2.24) is 29.7 Å². The first kappa shape index (κ1) is 28.5. The van der Waals surface area contributed by atoms with Gasteiger partial charge in [-0.25, -0.2) is 9.97 Å². The molecule has 1 aromatic carbocycles. The molecule has 0 radical (unpaired) electrons. The number of methoxy groups -OCH3 is 1. The highest BCUT2D eigenvalue weighted by Crippen LogP contribution is 2.39. The molecule has 11 heteroatoms. The molecule has 3 aromatic rings. The fourth-order valence-electron chi connectivity index (χ4n) is 6.22. The summed E-state index contributed by atoms with van der Waals surface area (Å²) in [7, 11) is 3.75. The van der Waals surface area contributed by atoms with Gasteiger partial charge in [-0.3, -0.25) is 14.7 Å². The van der Waals surface area contributed by atoms with E-state index in [9.17, 15) is 4.79 Å². The van der Waals surface area contributed by atoms with Crippen LogP contribution in [0.1, 0.15) is 6.42 Å². The lowest BCUT2D eigenvalue weighted by atomic mass is 9.89. The summed E-state index contributed by atoms with van der Waals surface area (Å²) in [4.78, 5) is 30.3. The molecule has 6 rings (SSSR count). The van der Waals surface area contributed by atoms with Crippen LogP contribution in [0.15, 0.2) is 95.7 Å². The molecule has 1 fully saturated rings. The number of carbonyl (C=O) groups is 1. The summed E-state index contributed by atoms with van der Waals surface area (Å²) < 4.78 is 8.55. The summed E-state index contributed by atoms with van der Waals surface area (Å²) in [6.45, 7) is 7.68. The number of nitrogens with zero attached hydrogens (tertiary/aromatic N) is 6. The van der Waals surface area contributed by atoms with E-state index in [0.717, 1.165) is 54.0 Å². The van der Waals surface area contributed by atoms with Crippen LogP contribution in [0.5, 0.6) is 0 Å². The van der Waals surface area contributed by atoms with Crippen molar-refractivity contribution in [3.63, 3.8) is 0 Å². The molecule has 0 saturated carbocycles. The quantitative estimate of drug-likeness (QED) is 0.331. The Bertz CT molecular complexity index is 1670. The number of aryl methyl sites for hydroxylation is 1. The number of allylic oxidation sites excluding steroid dienone is 2. The number of nitrogens with two attached hydrogens (primary N) is 1. The van der Waals surface area contributed by atoms with Gasteiger partial charge in [0.1, 0.15) is 18.8 Å². The van der Waals surface area contributed by atoms with E-state index in [0.29, 0.717) is 24.5 Å². The van der Waals surface area contributed by atoms with E-state index in [4.69, 9.17) is 10.5 Å². The maximum Gasteiger partial charge on any atom is 0.248 e. The van der Waals surface area contributed by atoms with E-state index < -0.39 is 11.6 Å². The molecule has 1 saturated heterocycles. The molecule has 11 nitrogen and oxygen atoms in total. The van der Waals surface area contributed by atoms with Crippen molar-refractivity contribution in [3.05, 3.63) is 90.7 Å². The number of carbonyl (C=O) groups excluding carboxylic acids is 1. The third-order valence-corrected chi connectivity index (χ3v) is 8.42. The smallest absolute Gasteiger partial charge is 0.248 e. The standard InChI is InChI=1S/C32H37N9O2/c1-22(31(33)42)23-9-10-32(43-3,41-14-12-34-17-24(41)18-40-13-6-11-35-21-40)29(15-23)38-30-16-27(36-20-37-30)26-19-39(2)28-8-5-4-7-25(26)28/h4-9,11,13,15-16,19-20,24,34H,1,10,12,14,17-18,21H2,2-3H3,(H2,33,42)(H,36,37,38). The predicted molar refractivity (Wildman–Crippen MR) is 169 cm³/mol. The Balaban J connectivity index is 1.38. The van der Waals surface area contributed by atoms with Crippen molar-refractivity contribution < 1.29 is 9.53 Å². The topological polar surface area (TPSA) is 126 Å². The Morgan fingerprint density at radius 2 is 2.16 bits per heavy atom. The summed E-state index contributed by atoms with van der Waals surface area (Å²) in [5.41, 5.74) is 9.37. The number of ether oxygens (including phenoxy) is 1. The van der Waals surface area contributed by atoms with Crippen molar-refractivity contribution in [2.45, 2.75) is 18.2 Å². The van der Waals surface area contributed by atoms with E-state index in [1.807, 2.05) is 49.7 Å². The van der Waals surface area contributed by atoms with Gasteiger partial charge in [0.15, 0.2) is 5.72 Å². The van der Waals surface area contributed by atoms with Gasteiger partial charge >= 0.3 is 0 Å².